The molecule has 6 nitrogen and oxygen atoms in total. The van der Waals surface area contributed by atoms with Gasteiger partial charge in [0.05, 0.1) is 10.7 Å². The summed E-state index contributed by atoms with van der Waals surface area (Å²) in [5.74, 6) is -1.49. The van der Waals surface area contributed by atoms with Crippen LogP contribution in [0.25, 0.3) is 0 Å². The van der Waals surface area contributed by atoms with Gasteiger partial charge >= 0.3 is 18.1 Å². The molecule has 0 bridgehead atoms. The summed E-state index contributed by atoms with van der Waals surface area (Å²) in [5.41, 5.74) is 1.03. The minimum atomic E-state index is -4.88. The molecular formula is C16H23F3N4O2S. The Bertz CT molecular complexity index is 633. The van der Waals surface area contributed by atoms with Crippen molar-refractivity contribution >= 4 is 23.3 Å². The highest BCUT2D eigenvalue weighted by atomic mass is 32.1. The topological polar surface area (TPSA) is 65.5 Å². The summed E-state index contributed by atoms with van der Waals surface area (Å²) < 4.78 is 37.5. The average Bonchev–Trinajstić information content (AvgIpc) is 2.90. The van der Waals surface area contributed by atoms with E-state index >= 15 is 0 Å². The first-order chi connectivity index (χ1) is 12.2. The fourth-order valence-electron chi connectivity index (χ4n) is 2.60. The van der Waals surface area contributed by atoms with Crippen molar-refractivity contribution in [1.29, 1.82) is 0 Å². The van der Waals surface area contributed by atoms with Crippen molar-refractivity contribution in [2.75, 3.05) is 32.7 Å². The van der Waals surface area contributed by atoms with Crippen molar-refractivity contribution in [3.05, 3.63) is 16.1 Å². The highest BCUT2D eigenvalue weighted by molar-refractivity contribution is 7.09. The van der Waals surface area contributed by atoms with E-state index in [2.05, 4.69) is 24.1 Å². The number of nitrogens with zero attached hydrogens (tertiary/aromatic N) is 3. The Balaban J connectivity index is 1.78. The average molecular weight is 392 g/mol. The molecular weight excluding hydrogens is 369 g/mol. The standard InChI is InChI=1S/C16H23F3N4O2S/c1-11(2)12-10-26-13(21-12)4-5-20-15(25)23-7-3-6-22(8-9-23)14(24)16(17,18)19/h10-11H,3-9H2,1-2H3,(H,20,25). The van der Waals surface area contributed by atoms with Crippen molar-refractivity contribution < 1.29 is 22.8 Å². The van der Waals surface area contributed by atoms with E-state index in [4.69, 9.17) is 0 Å². The minimum absolute atomic E-state index is 0.000776. The van der Waals surface area contributed by atoms with Crippen LogP contribution >= 0.6 is 11.3 Å². The zero-order valence-electron chi connectivity index (χ0n) is 14.8. The van der Waals surface area contributed by atoms with Crippen molar-refractivity contribution in [2.45, 2.75) is 38.8 Å². The molecule has 1 saturated heterocycles. The summed E-state index contributed by atoms with van der Waals surface area (Å²) in [4.78, 5) is 30.2. The second kappa shape index (κ2) is 8.70. The smallest absolute Gasteiger partial charge is 0.338 e. The maximum absolute atomic E-state index is 12.5. The molecule has 1 fully saturated rings. The zero-order valence-corrected chi connectivity index (χ0v) is 15.6. The van der Waals surface area contributed by atoms with Gasteiger partial charge in [0, 0.05) is 44.5 Å². The summed E-state index contributed by atoms with van der Waals surface area (Å²) >= 11 is 1.55. The third-order valence-corrected chi connectivity index (χ3v) is 5.02. The van der Waals surface area contributed by atoms with Gasteiger partial charge in [-0.1, -0.05) is 13.8 Å². The molecule has 0 unspecified atom stereocenters. The Morgan fingerprint density at radius 3 is 2.50 bits per heavy atom. The monoisotopic (exact) mass is 392 g/mol. The number of amides is 3. The van der Waals surface area contributed by atoms with Gasteiger partial charge in [-0.15, -0.1) is 11.3 Å². The maximum atomic E-state index is 12.5. The van der Waals surface area contributed by atoms with Crippen LogP contribution in [0.5, 0.6) is 0 Å². The fraction of sp³-hybridized carbons (Fsp3) is 0.688. The van der Waals surface area contributed by atoms with Gasteiger partial charge in [0.2, 0.25) is 0 Å². The van der Waals surface area contributed by atoms with Crippen molar-refractivity contribution in [3.63, 3.8) is 0 Å². The lowest BCUT2D eigenvalue weighted by molar-refractivity contribution is -0.185. The lowest BCUT2D eigenvalue weighted by Crippen LogP contribution is -2.45. The van der Waals surface area contributed by atoms with Gasteiger partial charge < -0.3 is 15.1 Å². The van der Waals surface area contributed by atoms with Crippen molar-refractivity contribution in [3.8, 4) is 0 Å². The molecule has 0 saturated carbocycles. The van der Waals surface area contributed by atoms with Crippen LogP contribution in [0.3, 0.4) is 0 Å². The van der Waals surface area contributed by atoms with E-state index in [9.17, 15) is 22.8 Å². The Kier molecular flexibility index (Phi) is 6.85. The van der Waals surface area contributed by atoms with Crippen LogP contribution in [0.15, 0.2) is 5.38 Å². The molecule has 2 rings (SSSR count). The number of hydrogen-bond acceptors (Lipinski definition) is 4. The molecule has 1 N–H and O–H groups in total. The molecule has 3 amide bonds. The predicted octanol–water partition coefficient (Wildman–Crippen LogP) is 2.62. The zero-order chi connectivity index (χ0) is 19.3. The quantitative estimate of drug-likeness (QED) is 0.857. The molecule has 10 heteroatoms. The van der Waals surface area contributed by atoms with Gasteiger partial charge in [-0.3, -0.25) is 4.79 Å². The molecule has 0 atom stereocenters. The molecule has 0 radical (unpaired) electrons. The molecule has 0 spiro atoms. The number of nitrogens with one attached hydrogen (secondary N) is 1. The van der Waals surface area contributed by atoms with Crippen LogP contribution in [0.4, 0.5) is 18.0 Å². The summed E-state index contributed by atoms with van der Waals surface area (Å²) in [6.07, 6.45) is -3.95. The first-order valence-electron chi connectivity index (χ1n) is 8.51. The summed E-state index contributed by atoms with van der Waals surface area (Å²) in [6.45, 7) is 4.82. The summed E-state index contributed by atoms with van der Waals surface area (Å²) in [6, 6.07) is -0.327. The number of carbonyl (C=O) groups excluding carboxylic acids is 2. The molecule has 26 heavy (non-hydrogen) atoms. The van der Waals surface area contributed by atoms with Crippen LogP contribution in [-0.2, 0) is 11.2 Å². The third kappa shape index (κ3) is 5.58. The second-order valence-electron chi connectivity index (χ2n) is 6.43. The summed E-state index contributed by atoms with van der Waals surface area (Å²) in [7, 11) is 0. The lowest BCUT2D eigenvalue weighted by atomic mass is 10.2. The SMILES string of the molecule is CC(C)c1csc(CCNC(=O)N2CCCN(C(=O)C(F)(F)F)CC2)n1. The normalized spacial score (nSPS) is 15.9. The number of hydrogen-bond donors (Lipinski definition) is 1. The number of thiazole rings is 1. The molecule has 1 aliphatic rings. The van der Waals surface area contributed by atoms with E-state index in [0.717, 1.165) is 15.6 Å². The van der Waals surface area contributed by atoms with Crippen molar-refractivity contribution in [2.24, 2.45) is 0 Å². The van der Waals surface area contributed by atoms with Gasteiger partial charge in [-0.25, -0.2) is 9.78 Å². The van der Waals surface area contributed by atoms with Crippen LogP contribution < -0.4 is 5.32 Å². The van der Waals surface area contributed by atoms with Crippen LogP contribution in [0.1, 0.15) is 36.9 Å². The Morgan fingerprint density at radius 2 is 1.88 bits per heavy atom. The van der Waals surface area contributed by atoms with Gasteiger partial charge in [-0.05, 0) is 12.3 Å². The predicted molar refractivity (Wildman–Crippen MR) is 92.1 cm³/mol. The summed E-state index contributed by atoms with van der Waals surface area (Å²) in [5, 5.41) is 5.71. The molecule has 146 valence electrons. The van der Waals surface area contributed by atoms with E-state index in [0.29, 0.717) is 31.8 Å². The highest BCUT2D eigenvalue weighted by Crippen LogP contribution is 2.20. The molecule has 0 aliphatic carbocycles. The van der Waals surface area contributed by atoms with Crippen LogP contribution in [-0.4, -0.2) is 65.6 Å². The fourth-order valence-corrected chi connectivity index (χ4v) is 3.56. The number of aromatic nitrogens is 1. The van der Waals surface area contributed by atoms with Gasteiger partial charge in [-0.2, -0.15) is 13.2 Å². The first-order valence-corrected chi connectivity index (χ1v) is 9.39. The Labute approximate surface area is 154 Å². The number of carbonyl (C=O) groups is 2. The van der Waals surface area contributed by atoms with E-state index in [-0.39, 0.29) is 25.7 Å². The number of urea groups is 1. The lowest BCUT2D eigenvalue weighted by Gasteiger charge is -2.23. The maximum Gasteiger partial charge on any atom is 0.471 e. The van der Waals surface area contributed by atoms with Gasteiger partial charge in [0.25, 0.3) is 0 Å². The second-order valence-corrected chi connectivity index (χ2v) is 7.38. The Morgan fingerprint density at radius 1 is 1.23 bits per heavy atom. The van der Waals surface area contributed by atoms with E-state index in [1.165, 1.54) is 4.90 Å². The van der Waals surface area contributed by atoms with Gasteiger partial charge in [0.1, 0.15) is 0 Å². The molecule has 1 aromatic rings. The van der Waals surface area contributed by atoms with E-state index in [1.54, 1.807) is 11.3 Å². The first kappa shape index (κ1) is 20.5. The van der Waals surface area contributed by atoms with E-state index in [1.807, 2.05) is 5.38 Å². The Hall–Kier alpha value is -1.84. The third-order valence-electron chi connectivity index (χ3n) is 4.09. The minimum Gasteiger partial charge on any atom is -0.338 e. The number of alkyl halides is 3. The van der Waals surface area contributed by atoms with Crippen LogP contribution in [0, 0.1) is 0 Å². The van der Waals surface area contributed by atoms with E-state index < -0.39 is 12.1 Å². The van der Waals surface area contributed by atoms with Crippen LogP contribution in [0.2, 0.25) is 0 Å². The number of rotatable bonds is 4. The molecule has 1 aliphatic heterocycles. The molecule has 2 heterocycles. The largest absolute Gasteiger partial charge is 0.471 e. The molecule has 1 aromatic heterocycles. The number of halogens is 3. The van der Waals surface area contributed by atoms with Crippen molar-refractivity contribution in [1.82, 2.24) is 20.1 Å². The molecule has 0 aromatic carbocycles. The van der Waals surface area contributed by atoms with Gasteiger partial charge in [0.15, 0.2) is 0 Å². The highest BCUT2D eigenvalue weighted by Gasteiger charge is 2.42.